The fraction of sp³-hybridized carbons (Fsp3) is 0.609. The summed E-state index contributed by atoms with van der Waals surface area (Å²) < 4.78 is 23.4. The quantitative estimate of drug-likeness (QED) is 0.685. The molecule has 4 rings (SSSR count). The first-order valence-electron chi connectivity index (χ1n) is 11.3. The zero-order valence-corrected chi connectivity index (χ0v) is 18.5. The van der Waals surface area contributed by atoms with Crippen molar-refractivity contribution in [1.29, 1.82) is 0 Å². The Morgan fingerprint density at radius 3 is 2.17 bits per heavy atom. The lowest BCUT2D eigenvalue weighted by atomic mass is 10.1. The van der Waals surface area contributed by atoms with Gasteiger partial charge in [-0.2, -0.15) is 0 Å². The maximum Gasteiger partial charge on any atom is 0.246 e. The van der Waals surface area contributed by atoms with E-state index in [4.69, 9.17) is 0 Å². The van der Waals surface area contributed by atoms with E-state index in [0.717, 1.165) is 38.2 Å². The molecule has 1 aromatic carbocycles. The molecule has 3 aliphatic heterocycles. The van der Waals surface area contributed by atoms with Gasteiger partial charge in [0.05, 0.1) is 11.5 Å². The fourth-order valence-electron chi connectivity index (χ4n) is 4.77. The average Bonchev–Trinajstić information content (AvgIpc) is 2.95. The maximum absolute atomic E-state index is 12.6. The molecule has 3 aliphatic rings. The second-order valence-electron chi connectivity index (χ2n) is 8.74. The summed E-state index contributed by atoms with van der Waals surface area (Å²) in [6.07, 6.45) is 9.46. The van der Waals surface area contributed by atoms with Gasteiger partial charge < -0.3 is 9.80 Å². The molecule has 0 aromatic heterocycles. The third-order valence-electron chi connectivity index (χ3n) is 6.63. The molecule has 3 heterocycles. The molecule has 164 valence electrons. The molecule has 0 aliphatic carbocycles. The second-order valence-corrected chi connectivity index (χ2v) is 11.0. The van der Waals surface area contributed by atoms with Crippen LogP contribution in [0.3, 0.4) is 0 Å². The summed E-state index contributed by atoms with van der Waals surface area (Å²) >= 11 is 0. The molecule has 3 fully saturated rings. The van der Waals surface area contributed by atoms with E-state index in [-0.39, 0.29) is 17.7 Å². The molecule has 0 saturated carbocycles. The standard InChI is InChI=1S/C23H33N3O3S/c27-23(26-16-14-25(15-17-26)22-11-18-30(28,29)19-22)10-7-20-5-8-21(9-6-20)24-12-3-1-2-4-13-24/h5-10,22H,1-4,11-19H2/b10-7+. The van der Waals surface area contributed by atoms with Crippen LogP contribution in [0.15, 0.2) is 30.3 Å². The Labute approximate surface area is 180 Å². The number of nitrogens with zero attached hydrogens (tertiary/aromatic N) is 3. The van der Waals surface area contributed by atoms with Crippen LogP contribution in [0, 0.1) is 0 Å². The van der Waals surface area contributed by atoms with Gasteiger partial charge in [0.25, 0.3) is 0 Å². The van der Waals surface area contributed by atoms with Gasteiger partial charge in [0.2, 0.25) is 5.91 Å². The van der Waals surface area contributed by atoms with Crippen molar-refractivity contribution in [2.45, 2.75) is 38.1 Å². The summed E-state index contributed by atoms with van der Waals surface area (Å²) in [5.74, 6) is 0.606. The summed E-state index contributed by atoms with van der Waals surface area (Å²) in [7, 11) is -2.86. The number of rotatable bonds is 4. The van der Waals surface area contributed by atoms with Crippen LogP contribution < -0.4 is 4.90 Å². The Hall–Kier alpha value is -1.86. The Morgan fingerprint density at radius 2 is 1.57 bits per heavy atom. The highest BCUT2D eigenvalue weighted by atomic mass is 32.2. The first-order valence-corrected chi connectivity index (χ1v) is 13.1. The molecule has 1 atom stereocenters. The molecule has 1 unspecified atom stereocenters. The highest BCUT2D eigenvalue weighted by Crippen LogP contribution is 2.21. The fourth-order valence-corrected chi connectivity index (χ4v) is 6.53. The smallest absolute Gasteiger partial charge is 0.246 e. The summed E-state index contributed by atoms with van der Waals surface area (Å²) in [6, 6.07) is 8.61. The Bertz CT molecular complexity index is 850. The number of hydrogen-bond donors (Lipinski definition) is 0. The molecule has 6 nitrogen and oxygen atoms in total. The third kappa shape index (κ3) is 5.43. The zero-order chi connectivity index (χ0) is 21.0. The molecule has 0 bridgehead atoms. The summed E-state index contributed by atoms with van der Waals surface area (Å²) in [6.45, 7) is 5.09. The highest BCUT2D eigenvalue weighted by molar-refractivity contribution is 7.91. The van der Waals surface area contributed by atoms with E-state index in [1.54, 1.807) is 6.08 Å². The van der Waals surface area contributed by atoms with Gasteiger partial charge in [-0.15, -0.1) is 0 Å². The molecular weight excluding hydrogens is 398 g/mol. The Kier molecular flexibility index (Phi) is 6.78. The van der Waals surface area contributed by atoms with Gasteiger partial charge in [-0.3, -0.25) is 9.69 Å². The lowest BCUT2D eigenvalue weighted by Crippen LogP contribution is -2.52. The molecule has 3 saturated heterocycles. The largest absolute Gasteiger partial charge is 0.372 e. The van der Waals surface area contributed by atoms with Crippen LogP contribution >= 0.6 is 0 Å². The number of benzene rings is 1. The molecule has 0 radical (unpaired) electrons. The van der Waals surface area contributed by atoms with Crippen molar-refractivity contribution in [2.24, 2.45) is 0 Å². The van der Waals surface area contributed by atoms with Crippen molar-refractivity contribution in [2.75, 3.05) is 55.7 Å². The third-order valence-corrected chi connectivity index (χ3v) is 8.38. The van der Waals surface area contributed by atoms with Crippen LogP contribution in [0.1, 0.15) is 37.7 Å². The van der Waals surface area contributed by atoms with Crippen molar-refractivity contribution >= 4 is 27.5 Å². The van der Waals surface area contributed by atoms with E-state index in [2.05, 4.69) is 34.1 Å². The van der Waals surface area contributed by atoms with E-state index in [0.29, 0.717) is 18.8 Å². The summed E-state index contributed by atoms with van der Waals surface area (Å²) in [4.78, 5) is 19.1. The van der Waals surface area contributed by atoms with Crippen LogP contribution in [-0.4, -0.2) is 80.9 Å². The molecule has 7 heteroatoms. The first kappa shape index (κ1) is 21.4. The minimum atomic E-state index is -2.86. The van der Waals surface area contributed by atoms with Gasteiger partial charge in [-0.1, -0.05) is 25.0 Å². The highest BCUT2D eigenvalue weighted by Gasteiger charge is 2.34. The predicted octanol–water partition coefficient (Wildman–Crippen LogP) is 2.41. The second kappa shape index (κ2) is 9.52. The van der Waals surface area contributed by atoms with E-state index >= 15 is 0 Å². The van der Waals surface area contributed by atoms with Crippen LogP contribution in [0.4, 0.5) is 5.69 Å². The zero-order valence-electron chi connectivity index (χ0n) is 17.7. The molecular formula is C23H33N3O3S. The van der Waals surface area contributed by atoms with Crippen LogP contribution in [0.25, 0.3) is 6.08 Å². The summed E-state index contributed by atoms with van der Waals surface area (Å²) in [5.41, 5.74) is 2.31. The topological polar surface area (TPSA) is 60.9 Å². The number of hydrogen-bond acceptors (Lipinski definition) is 5. The number of piperazine rings is 1. The van der Waals surface area contributed by atoms with E-state index in [9.17, 15) is 13.2 Å². The molecule has 1 amide bonds. The average molecular weight is 432 g/mol. The van der Waals surface area contributed by atoms with Crippen molar-refractivity contribution < 1.29 is 13.2 Å². The van der Waals surface area contributed by atoms with Crippen molar-refractivity contribution in [3.63, 3.8) is 0 Å². The monoisotopic (exact) mass is 431 g/mol. The van der Waals surface area contributed by atoms with Crippen LogP contribution in [0.5, 0.6) is 0 Å². The normalized spacial score (nSPS) is 25.5. The van der Waals surface area contributed by atoms with Crippen LogP contribution in [-0.2, 0) is 14.6 Å². The van der Waals surface area contributed by atoms with E-state index < -0.39 is 9.84 Å². The lowest BCUT2D eigenvalue weighted by molar-refractivity contribution is -0.127. The number of amides is 1. The molecule has 0 spiro atoms. The SMILES string of the molecule is O=C(/C=C/c1ccc(N2CCCCCC2)cc1)N1CCN(C2CCS(=O)(=O)C2)CC1. The van der Waals surface area contributed by atoms with Gasteiger partial charge >= 0.3 is 0 Å². The van der Waals surface area contributed by atoms with Gasteiger partial charge in [0.15, 0.2) is 9.84 Å². The Balaban J connectivity index is 1.27. The van der Waals surface area contributed by atoms with Crippen molar-refractivity contribution in [3.05, 3.63) is 35.9 Å². The lowest BCUT2D eigenvalue weighted by Gasteiger charge is -2.37. The number of anilines is 1. The van der Waals surface area contributed by atoms with Crippen molar-refractivity contribution in [3.8, 4) is 0 Å². The van der Waals surface area contributed by atoms with Gasteiger partial charge in [-0.05, 0) is 43.0 Å². The van der Waals surface area contributed by atoms with E-state index in [1.165, 1.54) is 31.4 Å². The minimum absolute atomic E-state index is 0.0327. The summed E-state index contributed by atoms with van der Waals surface area (Å²) in [5, 5.41) is 0. The van der Waals surface area contributed by atoms with Crippen molar-refractivity contribution in [1.82, 2.24) is 9.80 Å². The number of carbonyl (C=O) groups is 1. The molecule has 1 aromatic rings. The van der Waals surface area contributed by atoms with Gasteiger partial charge in [0.1, 0.15) is 0 Å². The van der Waals surface area contributed by atoms with Crippen LogP contribution in [0.2, 0.25) is 0 Å². The Morgan fingerprint density at radius 1 is 0.900 bits per heavy atom. The maximum atomic E-state index is 12.6. The van der Waals surface area contributed by atoms with Gasteiger partial charge in [-0.25, -0.2) is 8.42 Å². The molecule has 0 N–H and O–H groups in total. The van der Waals surface area contributed by atoms with E-state index in [1.807, 2.05) is 11.0 Å². The minimum Gasteiger partial charge on any atom is -0.372 e. The number of sulfone groups is 1. The van der Waals surface area contributed by atoms with Gasteiger partial charge in [0, 0.05) is 57.1 Å². The first-order chi connectivity index (χ1) is 14.5. The molecule has 30 heavy (non-hydrogen) atoms. The predicted molar refractivity (Wildman–Crippen MR) is 121 cm³/mol. The number of carbonyl (C=O) groups excluding carboxylic acids is 1.